The van der Waals surface area contributed by atoms with Crippen molar-refractivity contribution in [2.45, 2.75) is 10.8 Å². The highest BCUT2D eigenvalue weighted by atomic mass is 32.2. The number of pyridine rings is 1. The van der Waals surface area contributed by atoms with E-state index in [0.29, 0.717) is 22.0 Å². The Balaban J connectivity index is 1.82. The lowest BCUT2D eigenvalue weighted by Crippen LogP contribution is -2.16. The third-order valence-corrected chi connectivity index (χ3v) is 4.76. The van der Waals surface area contributed by atoms with Crippen LogP contribution < -0.4 is 5.32 Å². The first-order valence-corrected chi connectivity index (χ1v) is 8.79. The molecule has 0 spiro atoms. The Kier molecular flexibility index (Phi) is 5.13. The van der Waals surface area contributed by atoms with Crippen molar-refractivity contribution >= 4 is 22.4 Å². The van der Waals surface area contributed by atoms with Gasteiger partial charge in [0.2, 0.25) is 0 Å². The number of carbonyl (C=O) groups excluding carboxylic acids is 1. The van der Waals surface area contributed by atoms with Crippen LogP contribution in [0.2, 0.25) is 0 Å². The average molecular weight is 336 g/mol. The van der Waals surface area contributed by atoms with Crippen molar-refractivity contribution in [3.63, 3.8) is 0 Å². The highest BCUT2D eigenvalue weighted by Crippen LogP contribution is 2.16. The monoisotopic (exact) mass is 336 g/mol. The van der Waals surface area contributed by atoms with Crippen LogP contribution >= 0.6 is 0 Å². The summed E-state index contributed by atoms with van der Waals surface area (Å²) < 4.78 is 12.7. The molecule has 0 bridgehead atoms. The van der Waals surface area contributed by atoms with Gasteiger partial charge < -0.3 is 5.32 Å². The minimum atomic E-state index is -1.40. The second kappa shape index (κ2) is 7.66. The Hall–Kier alpha value is -2.79. The predicted molar refractivity (Wildman–Crippen MR) is 95.2 cm³/mol. The molecule has 3 rings (SSSR count). The molecule has 2 aromatic carbocycles. The van der Waals surface area contributed by atoms with Crippen LogP contribution in [-0.4, -0.2) is 15.1 Å². The third-order valence-electron chi connectivity index (χ3n) is 3.40. The zero-order chi connectivity index (χ0) is 16.8. The number of hydrogen-bond donors (Lipinski definition) is 1. The van der Waals surface area contributed by atoms with Crippen LogP contribution in [0.5, 0.6) is 0 Å². The van der Waals surface area contributed by atoms with Gasteiger partial charge in [0.25, 0.3) is 5.91 Å². The van der Waals surface area contributed by atoms with Crippen molar-refractivity contribution in [3.05, 3.63) is 90.1 Å². The molecule has 0 saturated heterocycles. The second-order valence-electron chi connectivity index (χ2n) is 5.15. The topological polar surface area (TPSA) is 59.1 Å². The molecule has 0 saturated carbocycles. The number of benzene rings is 2. The molecule has 1 unspecified atom stereocenters. The van der Waals surface area contributed by atoms with E-state index in [-0.39, 0.29) is 5.91 Å². The summed E-state index contributed by atoms with van der Waals surface area (Å²) in [7, 11) is -1.40. The van der Waals surface area contributed by atoms with Gasteiger partial charge in [0, 0.05) is 11.9 Å². The Morgan fingerprint density at radius 1 is 0.917 bits per heavy atom. The molecular formula is C19H16N2O2S. The van der Waals surface area contributed by atoms with E-state index in [0.717, 1.165) is 5.56 Å². The highest BCUT2D eigenvalue weighted by Gasteiger charge is 2.17. The van der Waals surface area contributed by atoms with Crippen LogP contribution in [0.15, 0.2) is 84.0 Å². The number of nitrogens with zero attached hydrogens (tertiary/aromatic N) is 1. The van der Waals surface area contributed by atoms with Crippen LogP contribution in [0, 0.1) is 0 Å². The van der Waals surface area contributed by atoms with Crippen molar-refractivity contribution in [2.75, 3.05) is 5.32 Å². The summed E-state index contributed by atoms with van der Waals surface area (Å²) >= 11 is 0. The maximum atomic E-state index is 12.7. The van der Waals surface area contributed by atoms with Crippen LogP contribution in [0.3, 0.4) is 0 Å². The number of rotatable bonds is 5. The fourth-order valence-corrected chi connectivity index (χ4v) is 3.48. The molecule has 0 radical (unpaired) electrons. The normalized spacial score (nSPS) is 11.7. The molecule has 120 valence electrons. The number of nitrogens with one attached hydrogen (secondary N) is 1. The van der Waals surface area contributed by atoms with E-state index < -0.39 is 10.8 Å². The van der Waals surface area contributed by atoms with E-state index in [1.165, 1.54) is 0 Å². The first kappa shape index (κ1) is 16.1. The van der Waals surface area contributed by atoms with Crippen molar-refractivity contribution < 1.29 is 9.00 Å². The molecule has 1 aromatic heterocycles. The first-order valence-electron chi connectivity index (χ1n) is 7.48. The second-order valence-corrected chi connectivity index (χ2v) is 6.52. The quantitative estimate of drug-likeness (QED) is 0.774. The maximum absolute atomic E-state index is 12.7. The molecule has 0 aliphatic carbocycles. The summed E-state index contributed by atoms with van der Waals surface area (Å²) in [6.45, 7) is 0. The summed E-state index contributed by atoms with van der Waals surface area (Å²) in [6, 6.07) is 22.0. The Bertz CT molecular complexity index is 779. The van der Waals surface area contributed by atoms with Gasteiger partial charge in [0.05, 0.1) is 22.1 Å². The number of carbonyl (C=O) groups is 1. The number of hydrogen-bond acceptors (Lipinski definition) is 3. The lowest BCUT2D eigenvalue weighted by molar-refractivity contribution is 0.102. The van der Waals surface area contributed by atoms with Gasteiger partial charge in [-0.1, -0.05) is 48.5 Å². The molecule has 24 heavy (non-hydrogen) atoms. The van der Waals surface area contributed by atoms with Crippen molar-refractivity contribution in [2.24, 2.45) is 0 Å². The zero-order valence-corrected chi connectivity index (χ0v) is 13.7. The van der Waals surface area contributed by atoms with E-state index in [4.69, 9.17) is 0 Å². The standard InChI is InChI=1S/C19H16N2O2S/c22-18(21-16-10-5-2-6-11-16)17-12-7-13-20-19(17)24(23)14-15-8-3-1-4-9-15/h1-13H,14H2,(H,21,22). The lowest BCUT2D eigenvalue weighted by Gasteiger charge is -2.09. The summed E-state index contributed by atoms with van der Waals surface area (Å²) in [4.78, 5) is 16.7. The molecule has 0 fully saturated rings. The Morgan fingerprint density at radius 2 is 1.58 bits per heavy atom. The molecule has 3 aromatic rings. The molecule has 5 heteroatoms. The van der Waals surface area contributed by atoms with E-state index >= 15 is 0 Å². The lowest BCUT2D eigenvalue weighted by atomic mass is 10.2. The van der Waals surface area contributed by atoms with Gasteiger partial charge in [-0.15, -0.1) is 0 Å². The highest BCUT2D eigenvalue weighted by molar-refractivity contribution is 7.84. The van der Waals surface area contributed by atoms with Gasteiger partial charge in [-0.3, -0.25) is 9.00 Å². The van der Waals surface area contributed by atoms with E-state index in [1.807, 2.05) is 48.5 Å². The average Bonchev–Trinajstić information content (AvgIpc) is 2.63. The van der Waals surface area contributed by atoms with Crippen LogP contribution in [-0.2, 0) is 16.6 Å². The molecule has 0 aliphatic heterocycles. The Morgan fingerprint density at radius 3 is 2.29 bits per heavy atom. The molecule has 1 amide bonds. The fraction of sp³-hybridized carbons (Fsp3) is 0.0526. The minimum Gasteiger partial charge on any atom is -0.322 e. The van der Waals surface area contributed by atoms with Crippen LogP contribution in [0.25, 0.3) is 0 Å². The van der Waals surface area contributed by atoms with Gasteiger partial charge in [0.1, 0.15) is 5.03 Å². The van der Waals surface area contributed by atoms with Gasteiger partial charge in [-0.05, 0) is 29.8 Å². The predicted octanol–water partition coefficient (Wildman–Crippen LogP) is 3.64. The number of anilines is 1. The van der Waals surface area contributed by atoms with Crippen molar-refractivity contribution in [3.8, 4) is 0 Å². The molecule has 1 heterocycles. The number of aromatic nitrogens is 1. The molecule has 4 nitrogen and oxygen atoms in total. The van der Waals surface area contributed by atoms with E-state index in [2.05, 4.69) is 10.3 Å². The van der Waals surface area contributed by atoms with Crippen LogP contribution in [0.1, 0.15) is 15.9 Å². The van der Waals surface area contributed by atoms with Crippen molar-refractivity contribution in [1.29, 1.82) is 0 Å². The fourth-order valence-electron chi connectivity index (χ4n) is 2.26. The Labute approximate surface area is 143 Å². The molecule has 0 aliphatic rings. The third kappa shape index (κ3) is 3.94. The van der Waals surface area contributed by atoms with E-state index in [9.17, 15) is 9.00 Å². The van der Waals surface area contributed by atoms with Gasteiger partial charge in [-0.25, -0.2) is 4.98 Å². The molecular weight excluding hydrogens is 320 g/mol. The van der Waals surface area contributed by atoms with Crippen LogP contribution in [0.4, 0.5) is 5.69 Å². The van der Waals surface area contributed by atoms with E-state index in [1.54, 1.807) is 30.5 Å². The summed E-state index contributed by atoms with van der Waals surface area (Å²) in [5, 5.41) is 3.10. The first-order chi connectivity index (χ1) is 11.7. The number of amides is 1. The van der Waals surface area contributed by atoms with Gasteiger partial charge in [-0.2, -0.15) is 0 Å². The summed E-state index contributed by atoms with van der Waals surface area (Å²) in [5.74, 6) is 0.00873. The minimum absolute atomic E-state index is 0.301. The SMILES string of the molecule is O=C(Nc1ccccc1)c1cccnc1S(=O)Cc1ccccc1. The summed E-state index contributed by atoms with van der Waals surface area (Å²) in [5.41, 5.74) is 1.96. The zero-order valence-electron chi connectivity index (χ0n) is 12.9. The number of para-hydroxylation sites is 1. The summed E-state index contributed by atoms with van der Waals surface area (Å²) in [6.07, 6.45) is 1.55. The van der Waals surface area contributed by atoms with Crippen molar-refractivity contribution in [1.82, 2.24) is 4.98 Å². The molecule has 1 N–H and O–H groups in total. The molecule has 1 atom stereocenters. The van der Waals surface area contributed by atoms with Gasteiger partial charge in [0.15, 0.2) is 0 Å². The smallest absolute Gasteiger partial charge is 0.258 e. The largest absolute Gasteiger partial charge is 0.322 e. The van der Waals surface area contributed by atoms with Gasteiger partial charge >= 0.3 is 0 Å². The maximum Gasteiger partial charge on any atom is 0.258 e.